The number of thiophene rings is 1. The SMILES string of the molecule is CSC1(CNC(=O)c2sccc2Br)CCCCC1. The number of amides is 1. The molecule has 100 valence electrons. The minimum atomic E-state index is 0.0517. The van der Waals surface area contributed by atoms with Gasteiger partial charge in [-0.15, -0.1) is 11.3 Å². The van der Waals surface area contributed by atoms with Crippen LogP contribution in [0.4, 0.5) is 0 Å². The highest BCUT2D eigenvalue weighted by atomic mass is 79.9. The van der Waals surface area contributed by atoms with Gasteiger partial charge < -0.3 is 5.32 Å². The number of hydrogen-bond donors (Lipinski definition) is 1. The fourth-order valence-electron chi connectivity index (χ4n) is 2.43. The Morgan fingerprint density at radius 3 is 2.78 bits per heavy atom. The molecule has 0 bridgehead atoms. The first kappa shape index (κ1) is 14.4. The Morgan fingerprint density at radius 1 is 1.50 bits per heavy atom. The van der Waals surface area contributed by atoms with Gasteiger partial charge in [0.05, 0.1) is 0 Å². The van der Waals surface area contributed by atoms with Gasteiger partial charge in [-0.3, -0.25) is 4.79 Å². The molecule has 1 heterocycles. The van der Waals surface area contributed by atoms with Gasteiger partial charge in [0.25, 0.3) is 5.91 Å². The van der Waals surface area contributed by atoms with E-state index in [-0.39, 0.29) is 10.7 Å². The summed E-state index contributed by atoms with van der Waals surface area (Å²) in [6.45, 7) is 0.789. The molecule has 1 aromatic rings. The second-order valence-corrected chi connectivity index (χ2v) is 7.77. The van der Waals surface area contributed by atoms with Gasteiger partial charge >= 0.3 is 0 Å². The number of hydrogen-bond acceptors (Lipinski definition) is 3. The van der Waals surface area contributed by atoms with E-state index in [0.29, 0.717) is 0 Å². The lowest BCUT2D eigenvalue weighted by Gasteiger charge is -2.35. The van der Waals surface area contributed by atoms with Gasteiger partial charge in [0.1, 0.15) is 4.88 Å². The van der Waals surface area contributed by atoms with Gasteiger partial charge in [0, 0.05) is 15.8 Å². The molecule has 0 unspecified atom stereocenters. The lowest BCUT2D eigenvalue weighted by Crippen LogP contribution is -2.41. The Balaban J connectivity index is 1.94. The molecule has 1 aliphatic carbocycles. The second kappa shape index (κ2) is 6.44. The fourth-order valence-corrected chi connectivity index (χ4v) is 4.81. The number of thioether (sulfide) groups is 1. The van der Waals surface area contributed by atoms with Crippen molar-refractivity contribution in [2.75, 3.05) is 12.8 Å². The Morgan fingerprint density at radius 2 is 2.22 bits per heavy atom. The van der Waals surface area contributed by atoms with Crippen LogP contribution in [-0.2, 0) is 0 Å². The molecule has 1 amide bonds. The van der Waals surface area contributed by atoms with E-state index in [1.54, 1.807) is 0 Å². The van der Waals surface area contributed by atoms with Crippen molar-refractivity contribution in [3.05, 3.63) is 20.8 Å². The maximum atomic E-state index is 12.1. The van der Waals surface area contributed by atoms with E-state index >= 15 is 0 Å². The van der Waals surface area contributed by atoms with Crippen LogP contribution in [0.1, 0.15) is 41.8 Å². The van der Waals surface area contributed by atoms with Crippen LogP contribution in [0.15, 0.2) is 15.9 Å². The second-order valence-electron chi connectivity index (χ2n) is 4.73. The summed E-state index contributed by atoms with van der Waals surface area (Å²) in [6, 6.07) is 1.92. The first-order valence-electron chi connectivity index (χ1n) is 6.23. The van der Waals surface area contributed by atoms with Gasteiger partial charge in [0.2, 0.25) is 0 Å². The summed E-state index contributed by atoms with van der Waals surface area (Å²) >= 11 is 6.81. The Labute approximate surface area is 125 Å². The minimum absolute atomic E-state index is 0.0517. The first-order chi connectivity index (χ1) is 8.67. The predicted octanol–water partition coefficient (Wildman–Crippen LogP) is 4.31. The molecule has 0 atom stereocenters. The van der Waals surface area contributed by atoms with Crippen LogP contribution < -0.4 is 5.32 Å². The van der Waals surface area contributed by atoms with Crippen LogP contribution in [-0.4, -0.2) is 23.5 Å². The summed E-state index contributed by atoms with van der Waals surface area (Å²) in [5.41, 5.74) is 0. The van der Waals surface area contributed by atoms with E-state index in [9.17, 15) is 4.79 Å². The fraction of sp³-hybridized carbons (Fsp3) is 0.615. The maximum Gasteiger partial charge on any atom is 0.262 e. The van der Waals surface area contributed by atoms with E-state index in [4.69, 9.17) is 0 Å². The summed E-state index contributed by atoms with van der Waals surface area (Å²) in [7, 11) is 0. The average molecular weight is 348 g/mol. The molecule has 2 nitrogen and oxygen atoms in total. The van der Waals surface area contributed by atoms with Crippen molar-refractivity contribution in [1.82, 2.24) is 5.32 Å². The van der Waals surface area contributed by atoms with Crippen molar-refractivity contribution in [3.8, 4) is 0 Å². The Hall–Kier alpha value is -0.000000000000000111. The van der Waals surface area contributed by atoms with Crippen LogP contribution in [0.2, 0.25) is 0 Å². The Bertz CT molecular complexity index is 413. The Kier molecular flexibility index (Phi) is 5.15. The molecule has 5 heteroatoms. The number of rotatable bonds is 4. The van der Waals surface area contributed by atoms with Crippen LogP contribution in [0, 0.1) is 0 Å². The van der Waals surface area contributed by atoms with Crippen LogP contribution in [0.5, 0.6) is 0 Å². The quantitative estimate of drug-likeness (QED) is 0.879. The van der Waals surface area contributed by atoms with E-state index < -0.39 is 0 Å². The van der Waals surface area contributed by atoms with Crippen molar-refractivity contribution >= 4 is 44.9 Å². The number of carbonyl (C=O) groups excluding carboxylic acids is 1. The first-order valence-corrected chi connectivity index (χ1v) is 9.13. The molecular weight excluding hydrogens is 330 g/mol. The monoisotopic (exact) mass is 347 g/mol. The zero-order valence-corrected chi connectivity index (χ0v) is 13.7. The van der Waals surface area contributed by atoms with E-state index in [1.165, 1.54) is 43.4 Å². The molecular formula is C13H18BrNOS2. The smallest absolute Gasteiger partial charge is 0.262 e. The molecule has 2 rings (SSSR count). The van der Waals surface area contributed by atoms with Gasteiger partial charge in [-0.25, -0.2) is 0 Å². The largest absolute Gasteiger partial charge is 0.350 e. The lowest BCUT2D eigenvalue weighted by atomic mass is 9.88. The van der Waals surface area contributed by atoms with Crippen molar-refractivity contribution in [3.63, 3.8) is 0 Å². The van der Waals surface area contributed by atoms with E-state index in [2.05, 4.69) is 27.5 Å². The van der Waals surface area contributed by atoms with E-state index in [1.807, 2.05) is 23.2 Å². The van der Waals surface area contributed by atoms with Gasteiger partial charge in [0.15, 0.2) is 0 Å². The third-order valence-electron chi connectivity index (χ3n) is 3.59. The maximum absolute atomic E-state index is 12.1. The molecule has 0 aliphatic heterocycles. The summed E-state index contributed by atoms with van der Waals surface area (Å²) in [5.74, 6) is 0.0517. The molecule has 1 fully saturated rings. The lowest BCUT2D eigenvalue weighted by molar-refractivity contribution is 0.0950. The molecule has 1 saturated carbocycles. The zero-order valence-electron chi connectivity index (χ0n) is 10.5. The van der Waals surface area contributed by atoms with Crippen LogP contribution in [0.25, 0.3) is 0 Å². The van der Waals surface area contributed by atoms with Crippen molar-refractivity contribution < 1.29 is 4.79 Å². The van der Waals surface area contributed by atoms with Gasteiger partial charge in [-0.1, -0.05) is 19.3 Å². The highest BCUT2D eigenvalue weighted by Crippen LogP contribution is 2.38. The van der Waals surface area contributed by atoms with Crippen molar-refractivity contribution in [2.45, 2.75) is 36.9 Å². The highest BCUT2D eigenvalue weighted by Gasteiger charge is 2.31. The highest BCUT2D eigenvalue weighted by molar-refractivity contribution is 9.10. The summed E-state index contributed by atoms with van der Waals surface area (Å²) in [5, 5.41) is 5.04. The molecule has 0 aromatic carbocycles. The summed E-state index contributed by atoms with van der Waals surface area (Å²) in [4.78, 5) is 12.9. The van der Waals surface area contributed by atoms with Crippen LogP contribution in [0.3, 0.4) is 0 Å². The summed E-state index contributed by atoms with van der Waals surface area (Å²) < 4.78 is 1.16. The standard InChI is InChI=1S/C13H18BrNOS2/c1-17-13(6-3-2-4-7-13)9-15-12(16)11-10(14)5-8-18-11/h5,8H,2-4,6-7,9H2,1H3,(H,15,16). The molecule has 1 N–H and O–H groups in total. The zero-order chi connectivity index (χ0) is 13.0. The topological polar surface area (TPSA) is 29.1 Å². The average Bonchev–Trinajstić information content (AvgIpc) is 2.83. The minimum Gasteiger partial charge on any atom is -0.350 e. The number of carbonyl (C=O) groups is 1. The number of nitrogens with one attached hydrogen (secondary N) is 1. The summed E-state index contributed by atoms with van der Waals surface area (Å²) in [6.07, 6.45) is 8.53. The molecule has 0 spiro atoms. The predicted molar refractivity (Wildman–Crippen MR) is 83.7 cm³/mol. The molecule has 0 radical (unpaired) electrons. The van der Waals surface area contributed by atoms with Crippen molar-refractivity contribution in [1.29, 1.82) is 0 Å². The number of halogens is 1. The van der Waals surface area contributed by atoms with Gasteiger partial charge in [-0.05, 0) is 46.5 Å². The van der Waals surface area contributed by atoms with Crippen molar-refractivity contribution in [2.24, 2.45) is 0 Å². The molecule has 18 heavy (non-hydrogen) atoms. The molecule has 0 saturated heterocycles. The van der Waals surface area contributed by atoms with E-state index in [0.717, 1.165) is 15.9 Å². The van der Waals surface area contributed by atoms with Crippen LogP contribution >= 0.6 is 39.0 Å². The third kappa shape index (κ3) is 3.31. The normalized spacial score (nSPS) is 18.6. The van der Waals surface area contributed by atoms with Gasteiger partial charge in [-0.2, -0.15) is 11.8 Å². The molecule has 1 aromatic heterocycles. The molecule has 1 aliphatic rings. The third-order valence-corrected chi connectivity index (χ3v) is 6.85.